The van der Waals surface area contributed by atoms with Gasteiger partial charge in [0.2, 0.25) is 5.75 Å². The van der Waals surface area contributed by atoms with Crippen LogP contribution in [0.5, 0.6) is 17.2 Å². The fraction of sp³-hybridized carbons (Fsp3) is 0.158. The molecule has 0 amide bonds. The highest BCUT2D eigenvalue weighted by Crippen LogP contribution is 2.38. The summed E-state index contributed by atoms with van der Waals surface area (Å²) in [4.78, 5) is 0. The summed E-state index contributed by atoms with van der Waals surface area (Å²) in [5, 5.41) is 3.43. The summed E-state index contributed by atoms with van der Waals surface area (Å²) in [5.74, 6) is 1.91. The summed E-state index contributed by atoms with van der Waals surface area (Å²) in [6, 6.07) is 12.3. The van der Waals surface area contributed by atoms with Crippen LogP contribution in [-0.4, -0.2) is 21.3 Å². The van der Waals surface area contributed by atoms with Crippen LogP contribution in [0.3, 0.4) is 0 Å². The first kappa shape index (κ1) is 15.4. The van der Waals surface area contributed by atoms with Crippen molar-refractivity contribution in [1.82, 2.24) is 0 Å². The van der Waals surface area contributed by atoms with E-state index in [-0.39, 0.29) is 0 Å². The molecule has 0 unspecified atom stereocenters. The van der Waals surface area contributed by atoms with Crippen LogP contribution in [0, 0.1) is 0 Å². The molecule has 3 aromatic rings. The van der Waals surface area contributed by atoms with Gasteiger partial charge in [0.1, 0.15) is 0 Å². The van der Waals surface area contributed by atoms with Crippen molar-refractivity contribution in [1.29, 1.82) is 0 Å². The van der Waals surface area contributed by atoms with Crippen molar-refractivity contribution in [3.63, 3.8) is 0 Å². The average Bonchev–Trinajstić information content (AvgIpc) is 3.02. The van der Waals surface area contributed by atoms with Gasteiger partial charge < -0.3 is 14.2 Å². The van der Waals surface area contributed by atoms with Crippen LogP contribution in [0.25, 0.3) is 22.2 Å². The van der Waals surface area contributed by atoms with E-state index in [0.717, 1.165) is 5.56 Å². The van der Waals surface area contributed by atoms with E-state index in [1.54, 1.807) is 32.7 Å². The van der Waals surface area contributed by atoms with E-state index in [2.05, 4.69) is 41.8 Å². The lowest BCUT2D eigenvalue weighted by Gasteiger charge is -2.12. The number of rotatable bonds is 5. The number of thiophene rings is 1. The van der Waals surface area contributed by atoms with Gasteiger partial charge in [0, 0.05) is 4.70 Å². The van der Waals surface area contributed by atoms with Crippen molar-refractivity contribution >= 4 is 33.6 Å². The van der Waals surface area contributed by atoms with Gasteiger partial charge in [0.05, 0.1) is 21.3 Å². The van der Waals surface area contributed by atoms with Crippen LogP contribution < -0.4 is 14.2 Å². The van der Waals surface area contributed by atoms with Crippen LogP contribution in [-0.2, 0) is 0 Å². The molecule has 0 aliphatic heterocycles. The minimum Gasteiger partial charge on any atom is -0.493 e. The van der Waals surface area contributed by atoms with Crippen molar-refractivity contribution in [3.8, 4) is 17.2 Å². The lowest BCUT2D eigenvalue weighted by molar-refractivity contribution is 0.324. The molecule has 0 fully saturated rings. The monoisotopic (exact) mass is 326 g/mol. The number of benzene rings is 2. The Kier molecular flexibility index (Phi) is 4.53. The molecular formula is C19H18O3S. The van der Waals surface area contributed by atoms with Crippen LogP contribution in [0.1, 0.15) is 11.1 Å². The molecule has 0 aliphatic rings. The summed E-state index contributed by atoms with van der Waals surface area (Å²) < 4.78 is 17.4. The number of hydrogen-bond donors (Lipinski definition) is 0. The zero-order chi connectivity index (χ0) is 16.2. The molecule has 0 atom stereocenters. The fourth-order valence-corrected chi connectivity index (χ4v) is 3.44. The van der Waals surface area contributed by atoms with Crippen molar-refractivity contribution in [3.05, 3.63) is 52.9 Å². The third-order valence-electron chi connectivity index (χ3n) is 3.65. The van der Waals surface area contributed by atoms with Crippen molar-refractivity contribution < 1.29 is 14.2 Å². The molecule has 0 spiro atoms. The number of ether oxygens (including phenoxy) is 3. The second-order valence-electron chi connectivity index (χ2n) is 4.98. The zero-order valence-electron chi connectivity index (χ0n) is 13.3. The summed E-state index contributed by atoms with van der Waals surface area (Å²) in [7, 11) is 4.85. The Bertz CT molecular complexity index is 824. The molecule has 1 heterocycles. The smallest absolute Gasteiger partial charge is 0.203 e. The van der Waals surface area contributed by atoms with E-state index in [0.29, 0.717) is 17.2 Å². The molecule has 1 aromatic heterocycles. The normalized spacial score (nSPS) is 11.1. The van der Waals surface area contributed by atoms with Crippen molar-refractivity contribution in [2.45, 2.75) is 0 Å². The summed E-state index contributed by atoms with van der Waals surface area (Å²) in [6.45, 7) is 0. The molecular weight excluding hydrogens is 308 g/mol. The molecule has 0 aliphatic carbocycles. The van der Waals surface area contributed by atoms with Gasteiger partial charge in [-0.25, -0.2) is 0 Å². The van der Waals surface area contributed by atoms with Gasteiger partial charge in [-0.05, 0) is 40.1 Å². The van der Waals surface area contributed by atoms with E-state index in [1.807, 2.05) is 12.1 Å². The molecule has 2 aromatic carbocycles. The molecule has 3 nitrogen and oxygen atoms in total. The first-order valence-electron chi connectivity index (χ1n) is 7.21. The van der Waals surface area contributed by atoms with E-state index in [4.69, 9.17) is 14.2 Å². The Balaban J connectivity index is 1.99. The molecule has 0 N–H and O–H groups in total. The summed E-state index contributed by atoms with van der Waals surface area (Å²) >= 11 is 1.75. The first-order chi connectivity index (χ1) is 11.3. The maximum atomic E-state index is 5.39. The molecule has 0 saturated heterocycles. The predicted octanol–water partition coefficient (Wildman–Crippen LogP) is 5.10. The van der Waals surface area contributed by atoms with E-state index >= 15 is 0 Å². The van der Waals surface area contributed by atoms with Crippen LogP contribution in [0.4, 0.5) is 0 Å². The molecule has 23 heavy (non-hydrogen) atoms. The SMILES string of the molecule is COc1cc(/C=C\c2csc3ccccc23)cc(OC)c1OC. The van der Waals surface area contributed by atoms with Gasteiger partial charge in [-0.1, -0.05) is 30.4 Å². The minimum absolute atomic E-state index is 0.605. The number of fused-ring (bicyclic) bond motifs is 1. The molecule has 4 heteroatoms. The van der Waals surface area contributed by atoms with Crippen LogP contribution in [0.15, 0.2) is 41.8 Å². The zero-order valence-corrected chi connectivity index (χ0v) is 14.1. The topological polar surface area (TPSA) is 27.7 Å². The number of methoxy groups -OCH3 is 3. The fourth-order valence-electron chi connectivity index (χ4n) is 2.51. The third-order valence-corrected chi connectivity index (χ3v) is 4.64. The number of hydrogen-bond acceptors (Lipinski definition) is 4. The van der Waals surface area contributed by atoms with Gasteiger partial charge in [0.25, 0.3) is 0 Å². The highest BCUT2D eigenvalue weighted by Gasteiger charge is 2.12. The Hall–Kier alpha value is -2.46. The Morgan fingerprint density at radius 2 is 1.57 bits per heavy atom. The molecule has 0 saturated carbocycles. The Morgan fingerprint density at radius 1 is 0.870 bits per heavy atom. The van der Waals surface area contributed by atoms with Gasteiger partial charge in [-0.15, -0.1) is 11.3 Å². The predicted molar refractivity (Wildman–Crippen MR) is 96.9 cm³/mol. The van der Waals surface area contributed by atoms with Gasteiger partial charge in [-0.2, -0.15) is 0 Å². The summed E-state index contributed by atoms with van der Waals surface area (Å²) in [5.41, 5.74) is 2.20. The average molecular weight is 326 g/mol. The summed E-state index contributed by atoms with van der Waals surface area (Å²) in [6.07, 6.45) is 4.17. The third kappa shape index (κ3) is 3.03. The van der Waals surface area contributed by atoms with E-state index < -0.39 is 0 Å². The van der Waals surface area contributed by atoms with Gasteiger partial charge >= 0.3 is 0 Å². The molecule has 118 valence electrons. The maximum Gasteiger partial charge on any atom is 0.203 e. The lowest BCUT2D eigenvalue weighted by Crippen LogP contribution is -1.95. The van der Waals surface area contributed by atoms with E-state index in [1.165, 1.54) is 15.6 Å². The second kappa shape index (κ2) is 6.75. The standard InChI is InChI=1S/C19H18O3S/c1-20-16-10-13(11-17(21-2)19(16)22-3)8-9-14-12-23-18-7-5-4-6-15(14)18/h4-12H,1-3H3/b9-8-. The van der Waals surface area contributed by atoms with Crippen molar-refractivity contribution in [2.75, 3.05) is 21.3 Å². The molecule has 3 rings (SSSR count). The quantitative estimate of drug-likeness (QED) is 0.653. The van der Waals surface area contributed by atoms with Crippen LogP contribution in [0.2, 0.25) is 0 Å². The van der Waals surface area contributed by atoms with Crippen LogP contribution >= 0.6 is 11.3 Å². The highest BCUT2D eigenvalue weighted by molar-refractivity contribution is 7.17. The lowest BCUT2D eigenvalue weighted by atomic mass is 10.1. The largest absolute Gasteiger partial charge is 0.493 e. The molecule has 0 radical (unpaired) electrons. The molecule has 0 bridgehead atoms. The minimum atomic E-state index is 0.605. The Labute approximate surface area is 139 Å². The van der Waals surface area contributed by atoms with Gasteiger partial charge in [0.15, 0.2) is 11.5 Å². The first-order valence-corrected chi connectivity index (χ1v) is 8.09. The Morgan fingerprint density at radius 3 is 2.22 bits per heavy atom. The maximum absolute atomic E-state index is 5.39. The van der Waals surface area contributed by atoms with E-state index in [9.17, 15) is 0 Å². The van der Waals surface area contributed by atoms with Gasteiger partial charge in [-0.3, -0.25) is 0 Å². The second-order valence-corrected chi connectivity index (χ2v) is 5.89. The highest BCUT2D eigenvalue weighted by atomic mass is 32.1. The van der Waals surface area contributed by atoms with Crippen molar-refractivity contribution in [2.24, 2.45) is 0 Å².